The molecular formula is C12H23N5O2S. The molecule has 0 saturated carbocycles. The monoisotopic (exact) mass is 301 g/mol. The van der Waals surface area contributed by atoms with Crippen molar-refractivity contribution in [2.24, 2.45) is 12.8 Å². The van der Waals surface area contributed by atoms with Crippen molar-refractivity contribution in [2.75, 3.05) is 39.3 Å². The maximum absolute atomic E-state index is 12.5. The molecule has 2 N–H and O–H groups in total. The zero-order valence-electron chi connectivity index (χ0n) is 11.9. The van der Waals surface area contributed by atoms with Gasteiger partial charge in [0.2, 0.25) is 10.0 Å². The van der Waals surface area contributed by atoms with E-state index in [4.69, 9.17) is 5.73 Å². The van der Waals surface area contributed by atoms with E-state index >= 15 is 0 Å². The first-order valence-electron chi connectivity index (χ1n) is 6.95. The Morgan fingerprint density at radius 2 is 2.10 bits per heavy atom. The number of rotatable bonds is 5. The fraction of sp³-hybridized carbons (Fsp3) is 0.750. The molecule has 20 heavy (non-hydrogen) atoms. The minimum atomic E-state index is -3.41. The van der Waals surface area contributed by atoms with Gasteiger partial charge >= 0.3 is 0 Å². The summed E-state index contributed by atoms with van der Waals surface area (Å²) in [6, 6.07) is 0. The molecule has 114 valence electrons. The molecule has 2 heterocycles. The van der Waals surface area contributed by atoms with Crippen molar-refractivity contribution in [1.29, 1.82) is 0 Å². The van der Waals surface area contributed by atoms with Gasteiger partial charge < -0.3 is 10.6 Å². The van der Waals surface area contributed by atoms with E-state index in [9.17, 15) is 8.42 Å². The summed E-state index contributed by atoms with van der Waals surface area (Å²) in [5, 5.41) is 3.94. The second kappa shape index (κ2) is 6.66. The molecule has 1 aromatic rings. The van der Waals surface area contributed by atoms with Crippen LogP contribution in [0.25, 0.3) is 0 Å². The second-order valence-electron chi connectivity index (χ2n) is 5.09. The van der Waals surface area contributed by atoms with Crippen molar-refractivity contribution < 1.29 is 8.42 Å². The Hall–Kier alpha value is -0.960. The summed E-state index contributed by atoms with van der Waals surface area (Å²) < 4.78 is 28.1. The maximum atomic E-state index is 12.5. The highest BCUT2D eigenvalue weighted by atomic mass is 32.2. The van der Waals surface area contributed by atoms with Crippen LogP contribution in [0.15, 0.2) is 17.3 Å². The molecule has 1 aromatic heterocycles. The molecule has 0 unspecified atom stereocenters. The predicted octanol–water partition coefficient (Wildman–Crippen LogP) is -0.535. The van der Waals surface area contributed by atoms with Gasteiger partial charge in [-0.05, 0) is 32.5 Å². The number of hydrogen-bond acceptors (Lipinski definition) is 5. The van der Waals surface area contributed by atoms with Crippen LogP contribution in [0.1, 0.15) is 12.8 Å². The summed E-state index contributed by atoms with van der Waals surface area (Å²) in [4.78, 5) is 2.56. The van der Waals surface area contributed by atoms with Gasteiger partial charge in [-0.15, -0.1) is 0 Å². The maximum Gasteiger partial charge on any atom is 0.246 e. The Morgan fingerprint density at radius 1 is 1.30 bits per heavy atom. The van der Waals surface area contributed by atoms with Crippen molar-refractivity contribution in [3.05, 3.63) is 12.4 Å². The van der Waals surface area contributed by atoms with Crippen molar-refractivity contribution in [2.45, 2.75) is 17.7 Å². The van der Waals surface area contributed by atoms with Gasteiger partial charge in [0.1, 0.15) is 4.90 Å². The summed E-state index contributed by atoms with van der Waals surface area (Å²) in [7, 11) is -1.69. The molecule has 1 saturated heterocycles. The summed E-state index contributed by atoms with van der Waals surface area (Å²) >= 11 is 0. The molecule has 0 aliphatic carbocycles. The van der Waals surface area contributed by atoms with Crippen LogP contribution in [-0.2, 0) is 17.1 Å². The topological polar surface area (TPSA) is 84.5 Å². The third kappa shape index (κ3) is 3.57. The van der Waals surface area contributed by atoms with Gasteiger partial charge in [0.25, 0.3) is 0 Å². The fourth-order valence-electron chi connectivity index (χ4n) is 2.41. The lowest BCUT2D eigenvalue weighted by Gasteiger charge is -2.20. The normalized spacial score (nSPS) is 19.1. The lowest BCUT2D eigenvalue weighted by molar-refractivity contribution is 0.284. The van der Waals surface area contributed by atoms with Crippen LogP contribution in [0.4, 0.5) is 0 Å². The Kier molecular flexibility index (Phi) is 5.14. The van der Waals surface area contributed by atoms with E-state index < -0.39 is 10.0 Å². The first-order chi connectivity index (χ1) is 9.54. The Balaban J connectivity index is 2.02. The summed E-state index contributed by atoms with van der Waals surface area (Å²) in [5.74, 6) is 0. The van der Waals surface area contributed by atoms with Crippen molar-refractivity contribution >= 4 is 10.0 Å². The van der Waals surface area contributed by atoms with Crippen LogP contribution >= 0.6 is 0 Å². The van der Waals surface area contributed by atoms with Crippen LogP contribution in [0.3, 0.4) is 0 Å². The highest BCUT2D eigenvalue weighted by Gasteiger charge is 2.27. The molecule has 0 aromatic carbocycles. The Bertz CT molecular complexity index is 528. The average molecular weight is 301 g/mol. The number of nitrogens with zero attached hydrogens (tertiary/aromatic N) is 4. The molecule has 1 aliphatic rings. The summed E-state index contributed by atoms with van der Waals surface area (Å²) in [6.45, 7) is 4.40. The Morgan fingerprint density at radius 3 is 2.75 bits per heavy atom. The Labute approximate surface area is 120 Å². The first-order valence-corrected chi connectivity index (χ1v) is 8.39. The van der Waals surface area contributed by atoms with Gasteiger partial charge in [-0.25, -0.2) is 8.42 Å². The highest BCUT2D eigenvalue weighted by molar-refractivity contribution is 7.89. The quantitative estimate of drug-likeness (QED) is 0.790. The van der Waals surface area contributed by atoms with Crippen LogP contribution in [0.5, 0.6) is 0 Å². The number of aromatic nitrogens is 2. The molecular weight excluding hydrogens is 278 g/mol. The highest BCUT2D eigenvalue weighted by Crippen LogP contribution is 2.16. The minimum Gasteiger partial charge on any atom is -0.330 e. The molecule has 1 fully saturated rings. The molecule has 8 heteroatoms. The number of hydrogen-bond donors (Lipinski definition) is 1. The number of sulfonamides is 1. The van der Waals surface area contributed by atoms with Gasteiger partial charge in [0, 0.05) is 32.9 Å². The van der Waals surface area contributed by atoms with E-state index in [1.54, 1.807) is 17.5 Å². The lowest BCUT2D eigenvalue weighted by Crippen LogP contribution is -2.35. The van der Waals surface area contributed by atoms with Gasteiger partial charge in [0.05, 0.1) is 6.20 Å². The van der Waals surface area contributed by atoms with Crippen LogP contribution in [0, 0.1) is 0 Å². The molecule has 2 rings (SSSR count). The van der Waals surface area contributed by atoms with Crippen molar-refractivity contribution in [1.82, 2.24) is 19.0 Å². The van der Waals surface area contributed by atoms with Crippen LogP contribution < -0.4 is 5.73 Å². The second-order valence-corrected chi connectivity index (χ2v) is 7.03. The molecule has 7 nitrogen and oxygen atoms in total. The van der Waals surface area contributed by atoms with Crippen molar-refractivity contribution in [3.63, 3.8) is 0 Å². The summed E-state index contributed by atoms with van der Waals surface area (Å²) in [6.07, 6.45) is 4.76. The number of nitrogens with two attached hydrogens (primary N) is 1. The third-order valence-corrected chi connectivity index (χ3v) is 5.40. The number of aryl methyl sites for hydroxylation is 1. The van der Waals surface area contributed by atoms with Gasteiger partial charge in [-0.3, -0.25) is 4.68 Å². The van der Waals surface area contributed by atoms with Gasteiger partial charge in [-0.2, -0.15) is 9.40 Å². The largest absolute Gasteiger partial charge is 0.330 e. The smallest absolute Gasteiger partial charge is 0.246 e. The third-order valence-electron chi connectivity index (χ3n) is 3.54. The SMILES string of the molecule is Cn1cc(S(=O)(=O)N2CCCN(CCCN)CC2)cn1. The average Bonchev–Trinajstić information content (AvgIpc) is 2.72. The van der Waals surface area contributed by atoms with E-state index in [0.29, 0.717) is 19.6 Å². The van der Waals surface area contributed by atoms with Gasteiger partial charge in [-0.1, -0.05) is 0 Å². The zero-order valence-corrected chi connectivity index (χ0v) is 12.7. The van der Waals surface area contributed by atoms with E-state index in [-0.39, 0.29) is 4.90 Å². The molecule has 0 spiro atoms. The molecule has 0 amide bonds. The van der Waals surface area contributed by atoms with E-state index in [1.165, 1.54) is 10.9 Å². The van der Waals surface area contributed by atoms with E-state index in [0.717, 1.165) is 32.5 Å². The molecule has 0 bridgehead atoms. The molecule has 1 aliphatic heterocycles. The fourth-order valence-corrected chi connectivity index (χ4v) is 3.86. The van der Waals surface area contributed by atoms with Crippen LogP contribution in [0.2, 0.25) is 0 Å². The molecule has 0 radical (unpaired) electrons. The van der Waals surface area contributed by atoms with E-state index in [1.807, 2.05) is 0 Å². The zero-order chi connectivity index (χ0) is 14.6. The molecule has 0 atom stereocenters. The predicted molar refractivity (Wildman–Crippen MR) is 76.7 cm³/mol. The first kappa shape index (κ1) is 15.4. The van der Waals surface area contributed by atoms with Crippen LogP contribution in [-0.4, -0.2) is 66.7 Å². The van der Waals surface area contributed by atoms with Gasteiger partial charge in [0.15, 0.2) is 0 Å². The summed E-state index contributed by atoms with van der Waals surface area (Å²) in [5.41, 5.74) is 5.52. The van der Waals surface area contributed by atoms with Crippen molar-refractivity contribution in [3.8, 4) is 0 Å². The minimum absolute atomic E-state index is 0.274. The van der Waals surface area contributed by atoms with E-state index in [2.05, 4.69) is 10.00 Å². The lowest BCUT2D eigenvalue weighted by atomic mass is 10.3. The standard InChI is InChI=1S/C12H23N5O2S/c1-15-11-12(10-14-15)20(18,19)17-7-3-6-16(8-9-17)5-2-4-13/h10-11H,2-9,13H2,1H3.